The Morgan fingerprint density at radius 2 is 2.11 bits per heavy atom. The van der Waals surface area contributed by atoms with Crippen LogP contribution in [0, 0.1) is 12.8 Å². The van der Waals surface area contributed by atoms with Gasteiger partial charge in [0.05, 0.1) is 0 Å². The summed E-state index contributed by atoms with van der Waals surface area (Å²) >= 11 is 0. The molecule has 0 fully saturated rings. The maximum Gasteiger partial charge on any atom is 0.262 e. The zero-order valence-corrected chi connectivity index (χ0v) is 12.9. The van der Waals surface area contributed by atoms with Gasteiger partial charge in [0.15, 0.2) is 5.03 Å². The summed E-state index contributed by atoms with van der Waals surface area (Å²) in [5.74, 6) is 0.841. The van der Waals surface area contributed by atoms with E-state index in [1.807, 2.05) is 25.3 Å². The molecule has 0 aliphatic carbocycles. The van der Waals surface area contributed by atoms with Gasteiger partial charge in [0.25, 0.3) is 10.0 Å². The molecule has 1 aromatic heterocycles. The molecule has 1 rings (SSSR count). The van der Waals surface area contributed by atoms with Gasteiger partial charge in [-0.15, -0.1) is 0 Å². The van der Waals surface area contributed by atoms with Gasteiger partial charge in [-0.3, -0.25) is 0 Å². The van der Waals surface area contributed by atoms with Gasteiger partial charge in [-0.05, 0) is 26.3 Å². The SMILES string of the molecule is CCN(CC(C)CN)S(=O)(=O)c1cn(CC)c(C)n1. The molecule has 0 saturated carbocycles. The molecule has 7 heteroatoms. The van der Waals surface area contributed by atoms with E-state index in [2.05, 4.69) is 4.98 Å². The first-order valence-electron chi connectivity index (χ1n) is 6.60. The third-order valence-corrected chi connectivity index (χ3v) is 4.98. The lowest BCUT2D eigenvalue weighted by Crippen LogP contribution is -2.36. The Morgan fingerprint density at radius 1 is 1.47 bits per heavy atom. The van der Waals surface area contributed by atoms with Crippen LogP contribution in [0.2, 0.25) is 0 Å². The van der Waals surface area contributed by atoms with Crippen LogP contribution >= 0.6 is 0 Å². The van der Waals surface area contributed by atoms with Gasteiger partial charge in [-0.1, -0.05) is 13.8 Å². The highest BCUT2D eigenvalue weighted by Crippen LogP contribution is 2.16. The fourth-order valence-corrected chi connectivity index (χ4v) is 3.44. The number of aryl methyl sites for hydroxylation is 2. The molecule has 1 atom stereocenters. The van der Waals surface area contributed by atoms with Crippen LogP contribution in [0.15, 0.2) is 11.2 Å². The predicted octanol–water partition coefficient (Wildman–Crippen LogP) is 0.817. The number of sulfonamides is 1. The van der Waals surface area contributed by atoms with Gasteiger partial charge in [0.1, 0.15) is 5.82 Å². The Hall–Kier alpha value is -0.920. The highest BCUT2D eigenvalue weighted by molar-refractivity contribution is 7.89. The molecular formula is C12H24N4O2S. The van der Waals surface area contributed by atoms with Crippen molar-refractivity contribution < 1.29 is 8.42 Å². The summed E-state index contributed by atoms with van der Waals surface area (Å²) in [7, 11) is -3.52. The first-order valence-corrected chi connectivity index (χ1v) is 8.04. The van der Waals surface area contributed by atoms with Crippen molar-refractivity contribution in [2.24, 2.45) is 11.7 Å². The number of hydrogen-bond donors (Lipinski definition) is 1. The minimum Gasteiger partial charge on any atom is -0.334 e. The molecule has 19 heavy (non-hydrogen) atoms. The van der Waals surface area contributed by atoms with E-state index in [0.717, 1.165) is 0 Å². The number of nitrogens with zero attached hydrogens (tertiary/aromatic N) is 3. The van der Waals surface area contributed by atoms with E-state index in [0.29, 0.717) is 32.0 Å². The summed E-state index contributed by atoms with van der Waals surface area (Å²) in [6.07, 6.45) is 1.60. The second kappa shape index (κ2) is 6.49. The molecule has 0 amide bonds. The Kier molecular flexibility index (Phi) is 5.51. The van der Waals surface area contributed by atoms with Crippen LogP contribution in [0.5, 0.6) is 0 Å². The Labute approximate surface area is 115 Å². The van der Waals surface area contributed by atoms with Crippen LogP contribution in [0.3, 0.4) is 0 Å². The molecular weight excluding hydrogens is 264 g/mol. The molecule has 0 aromatic carbocycles. The molecule has 6 nitrogen and oxygen atoms in total. The van der Waals surface area contributed by atoms with Crippen molar-refractivity contribution >= 4 is 10.0 Å². The minimum atomic E-state index is -3.52. The summed E-state index contributed by atoms with van der Waals surface area (Å²) in [6, 6.07) is 0. The maximum absolute atomic E-state index is 12.5. The number of nitrogens with two attached hydrogens (primary N) is 1. The van der Waals surface area contributed by atoms with E-state index >= 15 is 0 Å². The van der Waals surface area contributed by atoms with Crippen molar-refractivity contribution in [3.8, 4) is 0 Å². The van der Waals surface area contributed by atoms with Crippen molar-refractivity contribution in [3.63, 3.8) is 0 Å². The van der Waals surface area contributed by atoms with E-state index in [1.165, 1.54) is 4.31 Å². The Balaban J connectivity index is 3.06. The number of aromatic nitrogens is 2. The lowest BCUT2D eigenvalue weighted by Gasteiger charge is -2.22. The zero-order chi connectivity index (χ0) is 14.6. The summed E-state index contributed by atoms with van der Waals surface area (Å²) < 4.78 is 28.3. The van der Waals surface area contributed by atoms with E-state index in [4.69, 9.17) is 5.73 Å². The first kappa shape index (κ1) is 16.1. The summed E-state index contributed by atoms with van der Waals surface area (Å²) in [5, 5.41) is 0.123. The molecule has 0 spiro atoms. The number of rotatable bonds is 7. The lowest BCUT2D eigenvalue weighted by atomic mass is 10.2. The predicted molar refractivity (Wildman–Crippen MR) is 75.3 cm³/mol. The zero-order valence-electron chi connectivity index (χ0n) is 12.1. The van der Waals surface area contributed by atoms with E-state index in [-0.39, 0.29) is 10.9 Å². The molecule has 0 bridgehead atoms. The number of imidazole rings is 1. The molecule has 2 N–H and O–H groups in total. The average Bonchev–Trinajstić information content (AvgIpc) is 2.77. The molecule has 110 valence electrons. The van der Waals surface area contributed by atoms with Crippen LogP contribution in [0.4, 0.5) is 0 Å². The monoisotopic (exact) mass is 288 g/mol. The van der Waals surface area contributed by atoms with Gasteiger partial charge in [-0.25, -0.2) is 13.4 Å². The lowest BCUT2D eigenvalue weighted by molar-refractivity contribution is 0.370. The third-order valence-electron chi connectivity index (χ3n) is 3.17. The van der Waals surface area contributed by atoms with Crippen LogP contribution in [-0.4, -0.2) is 41.9 Å². The average molecular weight is 288 g/mol. The molecule has 1 unspecified atom stereocenters. The quantitative estimate of drug-likeness (QED) is 0.805. The van der Waals surface area contributed by atoms with Crippen molar-refractivity contribution in [2.45, 2.75) is 39.3 Å². The van der Waals surface area contributed by atoms with Crippen LogP contribution in [-0.2, 0) is 16.6 Å². The standard InChI is InChI=1S/C12H24N4O2S/c1-5-15-9-12(14-11(15)4)19(17,18)16(6-2)8-10(3)7-13/h9-10H,5-8,13H2,1-4H3. The van der Waals surface area contributed by atoms with Gasteiger partial charge in [0.2, 0.25) is 0 Å². The Morgan fingerprint density at radius 3 is 2.53 bits per heavy atom. The fourth-order valence-electron chi connectivity index (χ4n) is 1.88. The van der Waals surface area contributed by atoms with Crippen molar-refractivity contribution in [2.75, 3.05) is 19.6 Å². The minimum absolute atomic E-state index is 0.123. The molecule has 1 heterocycles. The highest BCUT2D eigenvalue weighted by atomic mass is 32.2. The number of hydrogen-bond acceptors (Lipinski definition) is 4. The second-order valence-electron chi connectivity index (χ2n) is 4.71. The molecule has 0 aliphatic rings. The van der Waals surface area contributed by atoms with Crippen molar-refractivity contribution in [1.29, 1.82) is 0 Å². The van der Waals surface area contributed by atoms with E-state index < -0.39 is 10.0 Å². The Bertz CT molecular complexity index is 510. The van der Waals surface area contributed by atoms with Crippen molar-refractivity contribution in [1.82, 2.24) is 13.9 Å². The van der Waals surface area contributed by atoms with Gasteiger partial charge >= 0.3 is 0 Å². The summed E-state index contributed by atoms with van der Waals surface area (Å²) in [5.41, 5.74) is 5.57. The van der Waals surface area contributed by atoms with Gasteiger partial charge in [0, 0.05) is 25.8 Å². The van der Waals surface area contributed by atoms with Gasteiger partial charge in [-0.2, -0.15) is 4.31 Å². The maximum atomic E-state index is 12.5. The smallest absolute Gasteiger partial charge is 0.262 e. The fraction of sp³-hybridized carbons (Fsp3) is 0.750. The molecule has 0 radical (unpaired) electrons. The summed E-state index contributed by atoms with van der Waals surface area (Å²) in [6.45, 7) is 9.55. The largest absolute Gasteiger partial charge is 0.334 e. The molecule has 1 aromatic rings. The second-order valence-corrected chi connectivity index (χ2v) is 6.59. The van der Waals surface area contributed by atoms with Crippen LogP contribution in [0.25, 0.3) is 0 Å². The van der Waals surface area contributed by atoms with E-state index in [9.17, 15) is 8.42 Å². The first-order chi connectivity index (χ1) is 8.86. The van der Waals surface area contributed by atoms with Crippen molar-refractivity contribution in [3.05, 3.63) is 12.0 Å². The molecule has 0 saturated heterocycles. The summed E-state index contributed by atoms with van der Waals surface area (Å²) in [4.78, 5) is 4.16. The molecule has 0 aliphatic heterocycles. The van der Waals surface area contributed by atoms with Crippen LogP contribution < -0.4 is 5.73 Å². The normalized spacial score (nSPS) is 14.0. The topological polar surface area (TPSA) is 81.2 Å². The third kappa shape index (κ3) is 3.55. The van der Waals surface area contributed by atoms with E-state index in [1.54, 1.807) is 13.1 Å². The van der Waals surface area contributed by atoms with Gasteiger partial charge < -0.3 is 10.3 Å². The van der Waals surface area contributed by atoms with Crippen LogP contribution in [0.1, 0.15) is 26.6 Å². The highest BCUT2D eigenvalue weighted by Gasteiger charge is 2.27.